The van der Waals surface area contributed by atoms with Crippen molar-refractivity contribution in [1.82, 2.24) is 19.3 Å². The fourth-order valence-corrected chi connectivity index (χ4v) is 3.40. The molecule has 1 unspecified atom stereocenters. The second kappa shape index (κ2) is 6.36. The maximum atomic E-state index is 6.12. The molecule has 116 valence electrons. The number of aryl methyl sites for hydroxylation is 2. The molecule has 1 aliphatic heterocycles. The number of aromatic nitrogens is 4. The van der Waals surface area contributed by atoms with E-state index in [4.69, 9.17) is 21.3 Å². The summed E-state index contributed by atoms with van der Waals surface area (Å²) in [5, 5.41) is 4.63. The van der Waals surface area contributed by atoms with Gasteiger partial charge < -0.3 is 9.30 Å². The Hall–Kier alpha value is -1.07. The molecule has 0 aliphatic carbocycles. The zero-order chi connectivity index (χ0) is 14.8. The van der Waals surface area contributed by atoms with Gasteiger partial charge in [0.15, 0.2) is 5.65 Å². The summed E-state index contributed by atoms with van der Waals surface area (Å²) in [6.07, 6.45) is 4.39. The maximum Gasteiger partial charge on any atom is 0.158 e. The van der Waals surface area contributed by atoms with Crippen molar-refractivity contribution >= 4 is 22.8 Å². The summed E-state index contributed by atoms with van der Waals surface area (Å²) in [7, 11) is 2.00. The molecular formula is C15H23ClN4O. The highest BCUT2D eigenvalue weighted by Gasteiger charge is 2.22. The predicted molar refractivity (Wildman–Crippen MR) is 83.6 cm³/mol. The van der Waals surface area contributed by atoms with Gasteiger partial charge in [-0.25, -0.2) is 4.98 Å². The summed E-state index contributed by atoms with van der Waals surface area (Å²) >= 11 is 6.12. The average molecular weight is 311 g/mol. The van der Waals surface area contributed by atoms with Crippen LogP contribution in [0, 0.1) is 5.92 Å². The number of alkyl halides is 1. The predicted octanol–water partition coefficient (Wildman–Crippen LogP) is 2.89. The van der Waals surface area contributed by atoms with E-state index >= 15 is 0 Å². The van der Waals surface area contributed by atoms with Crippen LogP contribution in [0.4, 0.5) is 0 Å². The fourth-order valence-electron chi connectivity index (χ4n) is 3.20. The molecular weight excluding hydrogens is 288 g/mol. The lowest BCUT2D eigenvalue weighted by atomic mass is 10.0. The topological polar surface area (TPSA) is 44.9 Å². The lowest BCUT2D eigenvalue weighted by Crippen LogP contribution is -2.23. The first kappa shape index (κ1) is 14.9. The lowest BCUT2D eigenvalue weighted by Gasteiger charge is -2.23. The maximum absolute atomic E-state index is 6.12. The number of hydrogen-bond acceptors (Lipinski definition) is 3. The molecule has 3 heterocycles. The van der Waals surface area contributed by atoms with Gasteiger partial charge in [-0.2, -0.15) is 5.10 Å². The minimum atomic E-state index is 0.438. The molecule has 2 aromatic heterocycles. The quantitative estimate of drug-likeness (QED) is 0.798. The molecule has 6 heteroatoms. The zero-order valence-corrected chi connectivity index (χ0v) is 13.6. The Kier molecular flexibility index (Phi) is 4.50. The Morgan fingerprint density at radius 3 is 2.95 bits per heavy atom. The van der Waals surface area contributed by atoms with Crippen molar-refractivity contribution in [2.45, 2.75) is 45.0 Å². The van der Waals surface area contributed by atoms with E-state index in [-0.39, 0.29) is 0 Å². The van der Waals surface area contributed by atoms with Gasteiger partial charge in [0.2, 0.25) is 0 Å². The van der Waals surface area contributed by atoms with E-state index < -0.39 is 0 Å². The third-order valence-electron chi connectivity index (χ3n) is 4.17. The van der Waals surface area contributed by atoms with Crippen LogP contribution >= 0.6 is 11.6 Å². The highest BCUT2D eigenvalue weighted by Crippen LogP contribution is 2.25. The monoisotopic (exact) mass is 310 g/mol. The Bertz CT molecular complexity index is 613. The van der Waals surface area contributed by atoms with Crippen LogP contribution in [0.15, 0.2) is 0 Å². The number of rotatable bonds is 5. The van der Waals surface area contributed by atoms with Gasteiger partial charge in [0.25, 0.3) is 0 Å². The molecule has 0 radical (unpaired) electrons. The molecule has 0 saturated carbocycles. The second-order valence-corrected chi connectivity index (χ2v) is 6.12. The van der Waals surface area contributed by atoms with Crippen LogP contribution in [0.3, 0.4) is 0 Å². The Morgan fingerprint density at radius 2 is 2.29 bits per heavy atom. The van der Waals surface area contributed by atoms with Crippen LogP contribution in [0.5, 0.6) is 0 Å². The van der Waals surface area contributed by atoms with Crippen molar-refractivity contribution < 1.29 is 4.74 Å². The smallest absolute Gasteiger partial charge is 0.158 e. The van der Waals surface area contributed by atoms with Crippen LogP contribution in [-0.4, -0.2) is 32.5 Å². The van der Waals surface area contributed by atoms with Gasteiger partial charge in [-0.1, -0.05) is 13.3 Å². The molecule has 0 amide bonds. The van der Waals surface area contributed by atoms with E-state index in [2.05, 4.69) is 16.6 Å². The first-order chi connectivity index (χ1) is 10.2. The standard InChI is InChI=1S/C15H23ClN4O/c1-3-5-12-14-15(19(2)18-12)20(13(8-16)17-14)9-11-6-4-7-21-10-11/h11H,3-10H2,1-2H3. The third kappa shape index (κ3) is 2.81. The van der Waals surface area contributed by atoms with Crippen LogP contribution in [0.25, 0.3) is 11.2 Å². The van der Waals surface area contributed by atoms with Crippen molar-refractivity contribution in [3.63, 3.8) is 0 Å². The van der Waals surface area contributed by atoms with Crippen LogP contribution < -0.4 is 0 Å². The molecule has 0 bridgehead atoms. The molecule has 1 aliphatic rings. The molecule has 1 saturated heterocycles. The van der Waals surface area contributed by atoms with Gasteiger partial charge in [-0.3, -0.25) is 4.68 Å². The van der Waals surface area contributed by atoms with Crippen molar-refractivity contribution in [2.24, 2.45) is 13.0 Å². The fraction of sp³-hybridized carbons (Fsp3) is 0.733. The summed E-state index contributed by atoms with van der Waals surface area (Å²) in [5.41, 5.74) is 3.20. The zero-order valence-electron chi connectivity index (χ0n) is 12.8. The number of nitrogens with zero attached hydrogens (tertiary/aromatic N) is 4. The molecule has 3 rings (SSSR count). The van der Waals surface area contributed by atoms with E-state index in [0.717, 1.165) is 61.7 Å². The van der Waals surface area contributed by atoms with E-state index in [0.29, 0.717) is 11.8 Å². The van der Waals surface area contributed by atoms with Gasteiger partial charge in [0.05, 0.1) is 18.2 Å². The number of halogens is 1. The van der Waals surface area contributed by atoms with Crippen molar-refractivity contribution in [3.8, 4) is 0 Å². The van der Waals surface area contributed by atoms with Crippen molar-refractivity contribution in [1.29, 1.82) is 0 Å². The summed E-state index contributed by atoms with van der Waals surface area (Å²) in [5.74, 6) is 1.93. The average Bonchev–Trinajstić information content (AvgIpc) is 3.00. The second-order valence-electron chi connectivity index (χ2n) is 5.85. The van der Waals surface area contributed by atoms with E-state index in [1.54, 1.807) is 0 Å². The Labute approximate surface area is 130 Å². The third-order valence-corrected chi connectivity index (χ3v) is 4.41. The Balaban J connectivity index is 1.98. The number of fused-ring (bicyclic) bond motifs is 1. The van der Waals surface area contributed by atoms with Crippen molar-refractivity contribution in [2.75, 3.05) is 13.2 Å². The summed E-state index contributed by atoms with van der Waals surface area (Å²) < 4.78 is 9.80. The van der Waals surface area contributed by atoms with Gasteiger partial charge >= 0.3 is 0 Å². The summed E-state index contributed by atoms with van der Waals surface area (Å²) in [6.45, 7) is 4.81. The van der Waals surface area contributed by atoms with Gasteiger partial charge in [-0.05, 0) is 19.3 Å². The van der Waals surface area contributed by atoms with Crippen LogP contribution in [0.2, 0.25) is 0 Å². The van der Waals surface area contributed by atoms with E-state index in [9.17, 15) is 0 Å². The highest BCUT2D eigenvalue weighted by molar-refractivity contribution is 6.16. The first-order valence-electron chi connectivity index (χ1n) is 7.79. The largest absolute Gasteiger partial charge is 0.381 e. The first-order valence-corrected chi connectivity index (χ1v) is 8.32. The normalized spacial score (nSPS) is 19.5. The van der Waals surface area contributed by atoms with E-state index in [1.165, 1.54) is 6.42 Å². The van der Waals surface area contributed by atoms with Gasteiger partial charge in [0, 0.05) is 26.1 Å². The summed E-state index contributed by atoms with van der Waals surface area (Å²) in [6, 6.07) is 0. The van der Waals surface area contributed by atoms with Gasteiger partial charge in [-0.15, -0.1) is 11.6 Å². The summed E-state index contributed by atoms with van der Waals surface area (Å²) in [4.78, 5) is 4.74. The molecule has 1 fully saturated rings. The number of hydrogen-bond donors (Lipinski definition) is 0. The number of ether oxygens (including phenoxy) is 1. The number of imidazole rings is 1. The minimum absolute atomic E-state index is 0.438. The van der Waals surface area contributed by atoms with Gasteiger partial charge in [0.1, 0.15) is 11.3 Å². The highest BCUT2D eigenvalue weighted by atomic mass is 35.5. The molecule has 0 N–H and O–H groups in total. The van der Waals surface area contributed by atoms with Crippen LogP contribution in [-0.2, 0) is 30.6 Å². The lowest BCUT2D eigenvalue weighted by molar-refractivity contribution is 0.0484. The molecule has 0 aromatic carbocycles. The Morgan fingerprint density at radius 1 is 1.43 bits per heavy atom. The molecule has 2 aromatic rings. The van der Waals surface area contributed by atoms with E-state index in [1.807, 2.05) is 11.7 Å². The minimum Gasteiger partial charge on any atom is -0.381 e. The SMILES string of the molecule is CCCc1nn(C)c2c1nc(CCl)n2CC1CCCOC1. The molecule has 5 nitrogen and oxygen atoms in total. The molecule has 21 heavy (non-hydrogen) atoms. The van der Waals surface area contributed by atoms with Crippen molar-refractivity contribution in [3.05, 3.63) is 11.5 Å². The molecule has 0 spiro atoms. The molecule has 1 atom stereocenters. The van der Waals surface area contributed by atoms with Crippen LogP contribution in [0.1, 0.15) is 37.7 Å².